The zero-order valence-electron chi connectivity index (χ0n) is 11.2. The van der Waals surface area contributed by atoms with E-state index in [1.165, 1.54) is 12.1 Å². The van der Waals surface area contributed by atoms with E-state index in [4.69, 9.17) is 0 Å². The summed E-state index contributed by atoms with van der Waals surface area (Å²) in [6.07, 6.45) is -3.53. The van der Waals surface area contributed by atoms with Gasteiger partial charge in [0, 0.05) is 23.5 Å². The number of aryl methyl sites for hydroxylation is 1. The maximum atomic E-state index is 12.5. The minimum Gasteiger partial charge on any atom is -0.344 e. The van der Waals surface area contributed by atoms with Crippen molar-refractivity contribution in [2.45, 2.75) is 26.6 Å². The van der Waals surface area contributed by atoms with Gasteiger partial charge >= 0.3 is 6.18 Å². The molecule has 2 nitrogen and oxygen atoms in total. The van der Waals surface area contributed by atoms with Crippen LogP contribution in [0.4, 0.5) is 13.2 Å². The highest BCUT2D eigenvalue weighted by atomic mass is 19.4. The molecule has 0 aliphatic rings. The Morgan fingerprint density at radius 3 is 2.20 bits per heavy atom. The first kappa shape index (κ1) is 14.4. The fraction of sp³-hybridized carbons (Fsp3) is 0.267. The van der Waals surface area contributed by atoms with Crippen LogP contribution < -0.4 is 0 Å². The van der Waals surface area contributed by atoms with Crippen molar-refractivity contribution in [1.82, 2.24) is 4.57 Å². The molecule has 0 radical (unpaired) electrons. The van der Waals surface area contributed by atoms with Crippen LogP contribution in [0.1, 0.15) is 32.9 Å². The van der Waals surface area contributed by atoms with Crippen LogP contribution in [0.3, 0.4) is 0 Å². The van der Waals surface area contributed by atoms with Crippen molar-refractivity contribution in [3.63, 3.8) is 0 Å². The molecule has 0 amide bonds. The molecule has 0 saturated heterocycles. The topological polar surface area (TPSA) is 22.0 Å². The van der Waals surface area contributed by atoms with Crippen LogP contribution in [-0.4, -0.2) is 10.9 Å². The third-order valence-electron chi connectivity index (χ3n) is 3.36. The van der Waals surface area contributed by atoms with Crippen molar-refractivity contribution in [2.24, 2.45) is 0 Å². The summed E-state index contributed by atoms with van der Waals surface area (Å²) in [5.41, 5.74) is 2.43. The molecule has 0 saturated carbocycles. The van der Waals surface area contributed by atoms with E-state index in [0.29, 0.717) is 12.1 Å². The second-order valence-electron chi connectivity index (χ2n) is 4.73. The predicted molar refractivity (Wildman–Crippen MR) is 69.8 cm³/mol. The van der Waals surface area contributed by atoms with E-state index in [1.807, 2.05) is 18.4 Å². The number of hydrogen-bond donors (Lipinski definition) is 0. The SMILES string of the molecule is Cc1cc(C=O)c(C)n1Cc1ccc(C(F)(F)F)cc1. The van der Waals surface area contributed by atoms with Crippen LogP contribution in [-0.2, 0) is 12.7 Å². The molecule has 0 atom stereocenters. The van der Waals surface area contributed by atoms with Crippen LogP contribution in [0.25, 0.3) is 0 Å². The number of benzene rings is 1. The number of carbonyl (C=O) groups is 1. The van der Waals surface area contributed by atoms with Gasteiger partial charge in [-0.25, -0.2) is 0 Å². The van der Waals surface area contributed by atoms with E-state index < -0.39 is 11.7 Å². The Labute approximate surface area is 114 Å². The number of halogens is 3. The van der Waals surface area contributed by atoms with Gasteiger partial charge in [0.05, 0.1) is 5.56 Å². The molecule has 20 heavy (non-hydrogen) atoms. The molecule has 1 aromatic heterocycles. The third kappa shape index (κ3) is 2.76. The van der Waals surface area contributed by atoms with E-state index in [2.05, 4.69) is 0 Å². The van der Waals surface area contributed by atoms with Gasteiger partial charge in [0.25, 0.3) is 0 Å². The predicted octanol–water partition coefficient (Wildman–Crippen LogP) is 3.98. The highest BCUT2D eigenvalue weighted by Gasteiger charge is 2.29. The van der Waals surface area contributed by atoms with Gasteiger partial charge in [0.1, 0.15) is 0 Å². The molecule has 0 aliphatic carbocycles. The smallest absolute Gasteiger partial charge is 0.344 e. The lowest BCUT2D eigenvalue weighted by Gasteiger charge is -2.11. The fourth-order valence-corrected chi connectivity index (χ4v) is 2.17. The molecule has 0 N–H and O–H groups in total. The summed E-state index contributed by atoms with van der Waals surface area (Å²) < 4.78 is 39.3. The standard InChI is InChI=1S/C15H14F3NO/c1-10-7-13(9-20)11(2)19(10)8-12-3-5-14(6-4-12)15(16,17)18/h3-7,9H,8H2,1-2H3. The van der Waals surface area contributed by atoms with Crippen molar-refractivity contribution < 1.29 is 18.0 Å². The van der Waals surface area contributed by atoms with Gasteiger partial charge in [0.2, 0.25) is 0 Å². The van der Waals surface area contributed by atoms with E-state index in [1.54, 1.807) is 6.07 Å². The Hall–Kier alpha value is -2.04. The number of aromatic nitrogens is 1. The number of nitrogens with zero attached hydrogens (tertiary/aromatic N) is 1. The molecule has 0 spiro atoms. The number of aldehydes is 1. The molecule has 1 heterocycles. The third-order valence-corrected chi connectivity index (χ3v) is 3.36. The molecule has 0 fully saturated rings. The van der Waals surface area contributed by atoms with Crippen LogP contribution >= 0.6 is 0 Å². The van der Waals surface area contributed by atoms with Crippen molar-refractivity contribution >= 4 is 6.29 Å². The lowest BCUT2D eigenvalue weighted by molar-refractivity contribution is -0.137. The van der Waals surface area contributed by atoms with Crippen molar-refractivity contribution in [3.8, 4) is 0 Å². The zero-order valence-corrected chi connectivity index (χ0v) is 11.2. The first-order valence-electron chi connectivity index (χ1n) is 6.11. The molecular weight excluding hydrogens is 267 g/mol. The van der Waals surface area contributed by atoms with Crippen molar-refractivity contribution in [2.75, 3.05) is 0 Å². The van der Waals surface area contributed by atoms with E-state index in [-0.39, 0.29) is 0 Å². The summed E-state index contributed by atoms with van der Waals surface area (Å²) in [6.45, 7) is 4.13. The Morgan fingerprint density at radius 2 is 1.75 bits per heavy atom. The van der Waals surface area contributed by atoms with Gasteiger partial charge in [-0.15, -0.1) is 0 Å². The lowest BCUT2D eigenvalue weighted by atomic mass is 10.1. The average molecular weight is 281 g/mol. The van der Waals surface area contributed by atoms with E-state index in [0.717, 1.165) is 35.4 Å². The largest absolute Gasteiger partial charge is 0.416 e. The number of alkyl halides is 3. The Kier molecular flexibility index (Phi) is 3.70. The fourth-order valence-electron chi connectivity index (χ4n) is 2.17. The van der Waals surface area contributed by atoms with Crippen LogP contribution in [0.5, 0.6) is 0 Å². The van der Waals surface area contributed by atoms with E-state index >= 15 is 0 Å². The quantitative estimate of drug-likeness (QED) is 0.780. The Bertz CT molecular complexity index is 624. The second-order valence-corrected chi connectivity index (χ2v) is 4.73. The molecule has 2 aromatic rings. The Balaban J connectivity index is 2.27. The first-order valence-corrected chi connectivity index (χ1v) is 6.11. The minimum atomic E-state index is -4.32. The van der Waals surface area contributed by atoms with Gasteiger partial charge in [-0.2, -0.15) is 13.2 Å². The number of hydrogen-bond acceptors (Lipinski definition) is 1. The van der Waals surface area contributed by atoms with Gasteiger partial charge in [-0.05, 0) is 37.6 Å². The molecule has 5 heteroatoms. The molecule has 106 valence electrons. The Morgan fingerprint density at radius 1 is 1.15 bits per heavy atom. The molecule has 2 rings (SSSR count). The first-order chi connectivity index (χ1) is 9.32. The van der Waals surface area contributed by atoms with Gasteiger partial charge in [-0.1, -0.05) is 12.1 Å². The molecule has 0 aliphatic heterocycles. The van der Waals surface area contributed by atoms with Gasteiger partial charge < -0.3 is 4.57 Å². The highest BCUT2D eigenvalue weighted by Crippen LogP contribution is 2.29. The second kappa shape index (κ2) is 5.15. The number of carbonyl (C=O) groups excluding carboxylic acids is 1. The summed E-state index contributed by atoms with van der Waals surface area (Å²) in [6, 6.07) is 6.84. The minimum absolute atomic E-state index is 0.448. The normalized spacial score (nSPS) is 11.7. The molecule has 0 bridgehead atoms. The highest BCUT2D eigenvalue weighted by molar-refractivity contribution is 5.77. The molecular formula is C15H14F3NO. The lowest BCUT2D eigenvalue weighted by Crippen LogP contribution is -2.07. The van der Waals surface area contributed by atoms with E-state index in [9.17, 15) is 18.0 Å². The van der Waals surface area contributed by atoms with Crippen LogP contribution in [0.15, 0.2) is 30.3 Å². The maximum absolute atomic E-state index is 12.5. The van der Waals surface area contributed by atoms with Gasteiger partial charge in [-0.3, -0.25) is 4.79 Å². The zero-order chi connectivity index (χ0) is 14.9. The van der Waals surface area contributed by atoms with Crippen molar-refractivity contribution in [1.29, 1.82) is 0 Å². The summed E-state index contributed by atoms with van der Waals surface area (Å²) in [4.78, 5) is 10.9. The van der Waals surface area contributed by atoms with Gasteiger partial charge in [0.15, 0.2) is 6.29 Å². The molecule has 1 aromatic carbocycles. The van der Waals surface area contributed by atoms with Crippen LogP contribution in [0.2, 0.25) is 0 Å². The summed E-state index contributed by atoms with van der Waals surface area (Å²) in [5, 5.41) is 0. The number of rotatable bonds is 3. The van der Waals surface area contributed by atoms with Crippen molar-refractivity contribution in [3.05, 3.63) is 58.4 Å². The monoisotopic (exact) mass is 281 g/mol. The summed E-state index contributed by atoms with van der Waals surface area (Å²) in [7, 11) is 0. The summed E-state index contributed by atoms with van der Waals surface area (Å²) in [5.74, 6) is 0. The maximum Gasteiger partial charge on any atom is 0.416 e. The molecule has 0 unspecified atom stereocenters. The van der Waals surface area contributed by atoms with Crippen LogP contribution in [0, 0.1) is 13.8 Å². The average Bonchev–Trinajstić information content (AvgIpc) is 2.66. The summed E-state index contributed by atoms with van der Waals surface area (Å²) >= 11 is 0.